The van der Waals surface area contributed by atoms with Crippen LogP contribution in [0.15, 0.2) is 48.5 Å². The maximum absolute atomic E-state index is 9.81. The molecule has 0 aromatic heterocycles. The van der Waals surface area contributed by atoms with Crippen molar-refractivity contribution in [3.05, 3.63) is 59.7 Å². The van der Waals surface area contributed by atoms with Gasteiger partial charge in [-0.15, -0.1) is 0 Å². The molecule has 0 amide bonds. The van der Waals surface area contributed by atoms with E-state index in [9.17, 15) is 10.2 Å². The molecule has 0 aliphatic carbocycles. The molecule has 0 saturated heterocycles. The van der Waals surface area contributed by atoms with Gasteiger partial charge in [-0.2, -0.15) is 0 Å². The predicted octanol–water partition coefficient (Wildman–Crippen LogP) is 3.07. The number of benzene rings is 2. The van der Waals surface area contributed by atoms with E-state index in [2.05, 4.69) is 0 Å². The van der Waals surface area contributed by atoms with Crippen molar-refractivity contribution in [2.75, 3.05) is 0 Å². The van der Waals surface area contributed by atoms with Crippen LogP contribution in [-0.2, 0) is 6.42 Å². The second-order valence-corrected chi connectivity index (χ2v) is 4.16. The molecule has 2 aromatic rings. The van der Waals surface area contributed by atoms with Crippen LogP contribution in [0, 0.1) is 0 Å². The fourth-order valence-corrected chi connectivity index (χ4v) is 2.01. The fraction of sp³-hybridized carbons (Fsp3) is 0.0667. The van der Waals surface area contributed by atoms with Gasteiger partial charge in [0.15, 0.2) is 11.5 Å². The van der Waals surface area contributed by atoms with Gasteiger partial charge in [0.05, 0.1) is 0 Å². The molecule has 18 heavy (non-hydrogen) atoms. The third kappa shape index (κ3) is 1.70. The SMILES string of the molecule is Oc1ccc2c(c1O)OC(c1ccccc1)=CC2. The summed E-state index contributed by atoms with van der Waals surface area (Å²) in [6.07, 6.45) is 2.64. The number of phenolic OH excluding ortho intramolecular Hbond substituents is 2. The predicted molar refractivity (Wildman–Crippen MR) is 68.5 cm³/mol. The molecule has 0 bridgehead atoms. The second-order valence-electron chi connectivity index (χ2n) is 4.16. The van der Waals surface area contributed by atoms with Crippen LogP contribution >= 0.6 is 0 Å². The van der Waals surface area contributed by atoms with E-state index in [0.29, 0.717) is 17.9 Å². The molecule has 0 atom stereocenters. The minimum absolute atomic E-state index is 0.164. The lowest BCUT2D eigenvalue weighted by Gasteiger charge is -2.19. The topological polar surface area (TPSA) is 49.7 Å². The van der Waals surface area contributed by atoms with Gasteiger partial charge in [-0.1, -0.05) is 36.4 Å². The van der Waals surface area contributed by atoms with Crippen molar-refractivity contribution in [1.29, 1.82) is 0 Å². The van der Waals surface area contributed by atoms with E-state index < -0.39 is 0 Å². The Hall–Kier alpha value is -2.42. The van der Waals surface area contributed by atoms with Crippen molar-refractivity contribution >= 4 is 5.76 Å². The van der Waals surface area contributed by atoms with Crippen molar-refractivity contribution in [2.24, 2.45) is 0 Å². The Kier molecular flexibility index (Phi) is 2.45. The van der Waals surface area contributed by atoms with Gasteiger partial charge in [-0.25, -0.2) is 0 Å². The molecule has 1 aliphatic rings. The van der Waals surface area contributed by atoms with Crippen LogP contribution in [0.2, 0.25) is 0 Å². The first-order valence-electron chi connectivity index (χ1n) is 5.73. The van der Waals surface area contributed by atoms with Gasteiger partial charge in [-0.05, 0) is 18.6 Å². The summed E-state index contributed by atoms with van der Waals surface area (Å²) in [5.74, 6) is 0.678. The minimum Gasteiger partial charge on any atom is -0.504 e. The third-order valence-corrected chi connectivity index (χ3v) is 2.97. The Balaban J connectivity index is 2.01. The summed E-state index contributed by atoms with van der Waals surface area (Å²) in [4.78, 5) is 0. The first-order valence-corrected chi connectivity index (χ1v) is 5.73. The molecular weight excluding hydrogens is 228 g/mol. The van der Waals surface area contributed by atoms with Gasteiger partial charge in [0, 0.05) is 11.1 Å². The smallest absolute Gasteiger partial charge is 0.201 e. The molecule has 3 rings (SSSR count). The monoisotopic (exact) mass is 240 g/mol. The van der Waals surface area contributed by atoms with Crippen molar-refractivity contribution < 1.29 is 14.9 Å². The maximum atomic E-state index is 9.81. The molecule has 1 heterocycles. The fourth-order valence-electron chi connectivity index (χ4n) is 2.01. The van der Waals surface area contributed by atoms with E-state index in [4.69, 9.17) is 4.74 Å². The Morgan fingerprint density at radius 3 is 2.50 bits per heavy atom. The van der Waals surface area contributed by atoms with Gasteiger partial charge in [-0.3, -0.25) is 0 Å². The Morgan fingerprint density at radius 2 is 1.72 bits per heavy atom. The lowest BCUT2D eigenvalue weighted by atomic mass is 10.0. The van der Waals surface area contributed by atoms with E-state index in [0.717, 1.165) is 11.1 Å². The number of fused-ring (bicyclic) bond motifs is 1. The van der Waals surface area contributed by atoms with E-state index >= 15 is 0 Å². The highest BCUT2D eigenvalue weighted by Gasteiger charge is 2.19. The van der Waals surface area contributed by atoms with Crippen molar-refractivity contribution in [2.45, 2.75) is 6.42 Å². The molecule has 3 nitrogen and oxygen atoms in total. The quantitative estimate of drug-likeness (QED) is 0.753. The summed E-state index contributed by atoms with van der Waals surface area (Å²) in [6, 6.07) is 12.9. The van der Waals surface area contributed by atoms with E-state index in [-0.39, 0.29) is 11.5 Å². The summed E-state index contributed by atoms with van der Waals surface area (Å²) >= 11 is 0. The van der Waals surface area contributed by atoms with Crippen LogP contribution in [0.5, 0.6) is 17.2 Å². The number of aromatic hydroxyl groups is 2. The molecule has 2 N–H and O–H groups in total. The Labute approximate surface area is 105 Å². The molecule has 0 unspecified atom stereocenters. The average Bonchev–Trinajstić information content (AvgIpc) is 2.44. The van der Waals surface area contributed by atoms with E-state index in [1.54, 1.807) is 6.07 Å². The van der Waals surface area contributed by atoms with Gasteiger partial charge >= 0.3 is 0 Å². The van der Waals surface area contributed by atoms with Crippen LogP contribution < -0.4 is 4.74 Å². The first kappa shape index (κ1) is 10.7. The summed E-state index contributed by atoms with van der Waals surface area (Å²) < 4.78 is 5.68. The lowest BCUT2D eigenvalue weighted by molar-refractivity contribution is 0.374. The van der Waals surface area contributed by atoms with Gasteiger partial charge in [0.1, 0.15) is 5.76 Å². The number of phenols is 2. The molecule has 0 fully saturated rings. The molecule has 0 saturated carbocycles. The molecule has 3 heteroatoms. The number of hydrogen-bond acceptors (Lipinski definition) is 3. The zero-order valence-electron chi connectivity index (χ0n) is 9.63. The number of rotatable bonds is 1. The highest BCUT2D eigenvalue weighted by Crippen LogP contribution is 2.42. The first-order chi connectivity index (χ1) is 8.75. The lowest BCUT2D eigenvalue weighted by Crippen LogP contribution is -2.04. The van der Waals surface area contributed by atoms with Crippen LogP contribution in [-0.4, -0.2) is 10.2 Å². The van der Waals surface area contributed by atoms with Crippen molar-refractivity contribution in [1.82, 2.24) is 0 Å². The van der Waals surface area contributed by atoms with Crippen LogP contribution in [0.25, 0.3) is 5.76 Å². The Bertz CT molecular complexity index is 615. The summed E-state index contributed by atoms with van der Waals surface area (Å²) in [7, 11) is 0. The number of ether oxygens (including phenoxy) is 1. The zero-order chi connectivity index (χ0) is 12.5. The third-order valence-electron chi connectivity index (χ3n) is 2.97. The zero-order valence-corrected chi connectivity index (χ0v) is 9.63. The molecule has 90 valence electrons. The standard InChI is InChI=1S/C15H12O3/c16-12-8-6-11-7-9-13(18-15(11)14(12)17)10-4-2-1-3-5-10/h1-6,8-9,16-17H,7H2. The largest absolute Gasteiger partial charge is 0.504 e. The molecule has 0 radical (unpaired) electrons. The normalized spacial score (nSPS) is 13.4. The highest BCUT2D eigenvalue weighted by atomic mass is 16.5. The van der Waals surface area contributed by atoms with Crippen molar-refractivity contribution in [3.63, 3.8) is 0 Å². The summed E-state index contributed by atoms with van der Waals surface area (Å²) in [5.41, 5.74) is 1.82. The van der Waals surface area contributed by atoms with Gasteiger partial charge < -0.3 is 14.9 Å². The van der Waals surface area contributed by atoms with Gasteiger partial charge in [0.25, 0.3) is 0 Å². The maximum Gasteiger partial charge on any atom is 0.201 e. The number of allylic oxidation sites excluding steroid dienone is 1. The van der Waals surface area contributed by atoms with E-state index in [1.165, 1.54) is 6.07 Å². The van der Waals surface area contributed by atoms with Crippen LogP contribution in [0.3, 0.4) is 0 Å². The van der Waals surface area contributed by atoms with Crippen molar-refractivity contribution in [3.8, 4) is 17.2 Å². The van der Waals surface area contributed by atoms with Gasteiger partial charge in [0.2, 0.25) is 5.75 Å². The number of hydrogen-bond donors (Lipinski definition) is 2. The second kappa shape index (κ2) is 4.11. The summed E-state index contributed by atoms with van der Waals surface area (Å²) in [5, 5.41) is 19.3. The van der Waals surface area contributed by atoms with Crippen LogP contribution in [0.4, 0.5) is 0 Å². The molecular formula is C15H12O3. The summed E-state index contributed by atoms with van der Waals surface area (Å²) in [6.45, 7) is 0. The molecule has 2 aromatic carbocycles. The molecule has 1 aliphatic heterocycles. The Morgan fingerprint density at radius 1 is 0.944 bits per heavy atom. The molecule has 0 spiro atoms. The van der Waals surface area contributed by atoms with E-state index in [1.807, 2.05) is 36.4 Å². The average molecular weight is 240 g/mol. The highest BCUT2D eigenvalue weighted by molar-refractivity contribution is 5.68. The van der Waals surface area contributed by atoms with Crippen LogP contribution in [0.1, 0.15) is 11.1 Å². The minimum atomic E-state index is -0.200.